The minimum absolute atomic E-state index is 0.125. The Bertz CT molecular complexity index is 1010. The number of nitrogens with zero attached hydrogens (tertiary/aromatic N) is 3. The predicted octanol–water partition coefficient (Wildman–Crippen LogP) is 3.00. The van der Waals surface area contributed by atoms with Gasteiger partial charge in [-0.2, -0.15) is 0 Å². The molecule has 1 aromatic carbocycles. The average molecular weight is 475 g/mol. The quantitative estimate of drug-likeness (QED) is 0.641. The van der Waals surface area contributed by atoms with Crippen LogP contribution in [0.3, 0.4) is 0 Å². The number of carbonyl (C=O) groups is 2. The van der Waals surface area contributed by atoms with Crippen molar-refractivity contribution in [2.24, 2.45) is 0 Å². The van der Waals surface area contributed by atoms with Gasteiger partial charge in [0.25, 0.3) is 5.91 Å². The van der Waals surface area contributed by atoms with Gasteiger partial charge in [0.1, 0.15) is 17.2 Å². The maximum Gasteiger partial charge on any atom is 0.265 e. The lowest BCUT2D eigenvalue weighted by Gasteiger charge is -2.27. The molecule has 2 amide bonds. The number of benzene rings is 1. The molecule has 0 bridgehead atoms. The van der Waals surface area contributed by atoms with Crippen LogP contribution in [-0.2, 0) is 4.79 Å². The van der Waals surface area contributed by atoms with E-state index < -0.39 is 5.60 Å². The standard InChI is InChI=1S/C24H34N4O4S/c1-16-7-8-19(13-17(16)2)32-15-24(31)9-6-11-28(12-10-24)14-20(29)26-23-25-18(3)21(33-23)22(30)27(4)5/h7-8,13,31H,6,9-12,14-15H2,1-5H3,(H,25,26,29). The van der Waals surface area contributed by atoms with E-state index in [1.54, 1.807) is 21.0 Å². The van der Waals surface area contributed by atoms with Gasteiger partial charge in [-0.05, 0) is 69.8 Å². The first-order chi connectivity index (χ1) is 15.6. The van der Waals surface area contributed by atoms with Crippen LogP contribution in [0.15, 0.2) is 18.2 Å². The van der Waals surface area contributed by atoms with Crippen molar-refractivity contribution in [3.05, 3.63) is 39.9 Å². The lowest BCUT2D eigenvalue weighted by atomic mass is 9.96. The molecule has 1 fully saturated rings. The van der Waals surface area contributed by atoms with E-state index >= 15 is 0 Å². The maximum atomic E-state index is 12.6. The SMILES string of the molecule is Cc1ccc(OCC2(O)CCCN(CC(=O)Nc3nc(C)c(C(=O)N(C)C)s3)CC2)cc1C. The number of carbonyl (C=O) groups excluding carboxylic acids is 2. The summed E-state index contributed by atoms with van der Waals surface area (Å²) in [6.07, 6.45) is 1.93. The summed E-state index contributed by atoms with van der Waals surface area (Å²) in [5.41, 5.74) is 2.05. The minimum atomic E-state index is -0.919. The van der Waals surface area contributed by atoms with Crippen LogP contribution in [0.1, 0.15) is 45.8 Å². The molecule has 0 aliphatic carbocycles. The van der Waals surface area contributed by atoms with E-state index in [1.807, 2.05) is 30.0 Å². The van der Waals surface area contributed by atoms with Crippen molar-refractivity contribution in [1.82, 2.24) is 14.8 Å². The van der Waals surface area contributed by atoms with Crippen molar-refractivity contribution in [3.8, 4) is 5.75 Å². The Morgan fingerprint density at radius 1 is 1.21 bits per heavy atom. The zero-order chi connectivity index (χ0) is 24.2. The molecule has 8 nitrogen and oxygen atoms in total. The summed E-state index contributed by atoms with van der Waals surface area (Å²) in [5, 5.41) is 14.3. The van der Waals surface area contributed by atoms with Crippen LogP contribution in [0.5, 0.6) is 5.75 Å². The molecule has 2 N–H and O–H groups in total. The van der Waals surface area contributed by atoms with Crippen molar-refractivity contribution in [3.63, 3.8) is 0 Å². The molecular weight excluding hydrogens is 440 g/mol. The van der Waals surface area contributed by atoms with Crippen molar-refractivity contribution in [2.75, 3.05) is 45.7 Å². The Kier molecular flexibility index (Phi) is 8.10. The zero-order valence-corrected chi connectivity index (χ0v) is 20.9. The van der Waals surface area contributed by atoms with Crippen LogP contribution < -0.4 is 10.1 Å². The summed E-state index contributed by atoms with van der Waals surface area (Å²) >= 11 is 1.19. The minimum Gasteiger partial charge on any atom is -0.491 e. The number of rotatable bonds is 7. The first-order valence-electron chi connectivity index (χ1n) is 11.2. The molecule has 1 atom stereocenters. The van der Waals surface area contributed by atoms with E-state index in [4.69, 9.17) is 4.74 Å². The molecule has 0 radical (unpaired) electrons. The van der Waals surface area contributed by atoms with Gasteiger partial charge in [-0.1, -0.05) is 17.4 Å². The highest BCUT2D eigenvalue weighted by Gasteiger charge is 2.31. The summed E-state index contributed by atoms with van der Waals surface area (Å²) < 4.78 is 5.90. The Hall–Kier alpha value is -2.49. The van der Waals surface area contributed by atoms with Crippen LogP contribution in [0.2, 0.25) is 0 Å². The number of hydrogen-bond acceptors (Lipinski definition) is 7. The van der Waals surface area contributed by atoms with E-state index in [0.29, 0.717) is 35.1 Å². The Labute approximate surface area is 199 Å². The third kappa shape index (κ3) is 6.75. The molecule has 0 saturated carbocycles. The fourth-order valence-electron chi connectivity index (χ4n) is 3.77. The summed E-state index contributed by atoms with van der Waals surface area (Å²) in [6, 6.07) is 5.94. The van der Waals surface area contributed by atoms with E-state index in [-0.39, 0.29) is 25.0 Å². The van der Waals surface area contributed by atoms with E-state index in [1.165, 1.54) is 21.8 Å². The van der Waals surface area contributed by atoms with Gasteiger partial charge in [-0.25, -0.2) is 4.98 Å². The maximum absolute atomic E-state index is 12.6. The molecule has 0 spiro atoms. The Morgan fingerprint density at radius 2 is 1.97 bits per heavy atom. The molecular formula is C24H34N4O4S. The number of anilines is 1. The first kappa shape index (κ1) is 25.1. The lowest BCUT2D eigenvalue weighted by molar-refractivity contribution is -0.117. The molecule has 1 saturated heterocycles. The Balaban J connectivity index is 1.51. The van der Waals surface area contributed by atoms with Gasteiger partial charge in [-0.15, -0.1) is 0 Å². The number of aliphatic hydroxyl groups is 1. The van der Waals surface area contributed by atoms with Crippen LogP contribution in [0, 0.1) is 20.8 Å². The van der Waals surface area contributed by atoms with Gasteiger partial charge in [0.05, 0.1) is 17.8 Å². The van der Waals surface area contributed by atoms with Crippen molar-refractivity contribution in [1.29, 1.82) is 0 Å². The van der Waals surface area contributed by atoms with Crippen LogP contribution in [0.4, 0.5) is 5.13 Å². The van der Waals surface area contributed by atoms with Crippen LogP contribution in [0.25, 0.3) is 0 Å². The number of nitrogens with one attached hydrogen (secondary N) is 1. The van der Waals surface area contributed by atoms with E-state index in [9.17, 15) is 14.7 Å². The average Bonchev–Trinajstić information content (AvgIpc) is 3.01. The van der Waals surface area contributed by atoms with Gasteiger partial charge in [-0.3, -0.25) is 14.5 Å². The van der Waals surface area contributed by atoms with Crippen molar-refractivity contribution in [2.45, 2.75) is 45.6 Å². The molecule has 1 unspecified atom stereocenters. The van der Waals surface area contributed by atoms with E-state index in [0.717, 1.165) is 24.3 Å². The first-order valence-corrected chi connectivity index (χ1v) is 12.0. The van der Waals surface area contributed by atoms with Gasteiger partial charge >= 0.3 is 0 Å². The summed E-state index contributed by atoms with van der Waals surface area (Å²) in [4.78, 5) is 33.2. The van der Waals surface area contributed by atoms with Crippen molar-refractivity contribution < 1.29 is 19.4 Å². The molecule has 2 aromatic rings. The molecule has 1 aliphatic rings. The number of aromatic nitrogens is 1. The second kappa shape index (κ2) is 10.6. The summed E-state index contributed by atoms with van der Waals surface area (Å²) in [5.74, 6) is 0.461. The van der Waals surface area contributed by atoms with E-state index in [2.05, 4.69) is 17.2 Å². The molecule has 9 heteroatoms. The molecule has 1 aliphatic heterocycles. The number of thiazole rings is 1. The van der Waals surface area contributed by atoms with Gasteiger partial charge in [0.15, 0.2) is 5.13 Å². The number of amides is 2. The van der Waals surface area contributed by atoms with Gasteiger partial charge in [0, 0.05) is 20.6 Å². The number of ether oxygens (including phenoxy) is 1. The molecule has 33 heavy (non-hydrogen) atoms. The van der Waals surface area contributed by atoms with Gasteiger partial charge < -0.3 is 20.1 Å². The highest BCUT2D eigenvalue weighted by molar-refractivity contribution is 7.17. The second-order valence-corrected chi connectivity index (χ2v) is 10.1. The fraction of sp³-hybridized carbons (Fsp3) is 0.542. The van der Waals surface area contributed by atoms with Crippen LogP contribution >= 0.6 is 11.3 Å². The van der Waals surface area contributed by atoms with Crippen molar-refractivity contribution >= 4 is 28.3 Å². The Morgan fingerprint density at radius 3 is 2.67 bits per heavy atom. The molecule has 2 heterocycles. The fourth-order valence-corrected chi connectivity index (χ4v) is 4.78. The summed E-state index contributed by atoms with van der Waals surface area (Å²) in [7, 11) is 3.38. The third-order valence-corrected chi connectivity index (χ3v) is 7.07. The molecule has 180 valence electrons. The predicted molar refractivity (Wildman–Crippen MR) is 130 cm³/mol. The zero-order valence-electron chi connectivity index (χ0n) is 20.1. The topological polar surface area (TPSA) is 95.0 Å². The van der Waals surface area contributed by atoms with Crippen LogP contribution in [-0.4, -0.2) is 77.6 Å². The second-order valence-electron chi connectivity index (χ2n) is 9.07. The number of hydrogen-bond donors (Lipinski definition) is 2. The smallest absolute Gasteiger partial charge is 0.265 e. The summed E-state index contributed by atoms with van der Waals surface area (Å²) in [6.45, 7) is 7.63. The highest BCUT2D eigenvalue weighted by Crippen LogP contribution is 2.26. The number of likely N-dealkylation sites (tertiary alicyclic amines) is 1. The normalized spacial score (nSPS) is 19.1. The lowest BCUT2D eigenvalue weighted by Crippen LogP contribution is -2.38. The number of aryl methyl sites for hydroxylation is 3. The third-order valence-electron chi connectivity index (χ3n) is 6.01. The molecule has 3 rings (SSSR count). The largest absolute Gasteiger partial charge is 0.491 e. The monoisotopic (exact) mass is 474 g/mol. The molecule has 1 aromatic heterocycles. The highest BCUT2D eigenvalue weighted by atomic mass is 32.1. The van der Waals surface area contributed by atoms with Gasteiger partial charge in [0.2, 0.25) is 5.91 Å².